The molecule has 0 saturated carbocycles. The fourth-order valence-electron chi connectivity index (χ4n) is 3.81. The van der Waals surface area contributed by atoms with Crippen molar-refractivity contribution in [3.63, 3.8) is 0 Å². The number of piperazine rings is 1. The highest BCUT2D eigenvalue weighted by Gasteiger charge is 2.26. The van der Waals surface area contributed by atoms with Crippen LogP contribution >= 0.6 is 11.3 Å². The summed E-state index contributed by atoms with van der Waals surface area (Å²) >= 11 is 1.22. The molecule has 0 radical (unpaired) electrons. The summed E-state index contributed by atoms with van der Waals surface area (Å²) in [6.07, 6.45) is 1.68. The zero-order valence-corrected chi connectivity index (χ0v) is 20.6. The zero-order chi connectivity index (χ0) is 24.5. The van der Waals surface area contributed by atoms with E-state index in [0.29, 0.717) is 48.1 Å². The SMILES string of the molecule is CCCCN(C)S(=O)(=O)c1ccc(C(=O)N2CCN(c3nc4c(F)cc(F)cc4s3)CC2)cc1. The molecule has 2 heterocycles. The van der Waals surface area contributed by atoms with Gasteiger partial charge in [-0.25, -0.2) is 26.5 Å². The number of thiazole rings is 1. The summed E-state index contributed by atoms with van der Waals surface area (Å²) in [7, 11) is -2.03. The Morgan fingerprint density at radius 3 is 2.44 bits per heavy atom. The van der Waals surface area contributed by atoms with E-state index in [9.17, 15) is 22.0 Å². The van der Waals surface area contributed by atoms with E-state index in [0.717, 1.165) is 18.9 Å². The molecule has 4 rings (SSSR count). The van der Waals surface area contributed by atoms with Gasteiger partial charge in [0.05, 0.1) is 9.60 Å². The summed E-state index contributed by atoms with van der Waals surface area (Å²) in [5.41, 5.74) is 0.566. The molecule has 1 saturated heterocycles. The third-order valence-corrected chi connectivity index (χ3v) is 8.81. The van der Waals surface area contributed by atoms with Crippen molar-refractivity contribution in [3.8, 4) is 0 Å². The maximum atomic E-state index is 14.0. The average Bonchev–Trinajstić information content (AvgIpc) is 3.26. The number of aromatic nitrogens is 1. The summed E-state index contributed by atoms with van der Waals surface area (Å²) < 4.78 is 54.6. The van der Waals surface area contributed by atoms with Gasteiger partial charge in [-0.05, 0) is 36.8 Å². The molecule has 0 bridgehead atoms. The first kappa shape index (κ1) is 24.5. The van der Waals surface area contributed by atoms with E-state index < -0.39 is 21.7 Å². The molecule has 0 N–H and O–H groups in total. The van der Waals surface area contributed by atoms with Crippen LogP contribution in [-0.4, -0.2) is 68.3 Å². The van der Waals surface area contributed by atoms with Crippen LogP contribution in [0.5, 0.6) is 0 Å². The molecule has 1 fully saturated rings. The van der Waals surface area contributed by atoms with Gasteiger partial charge in [0.1, 0.15) is 11.3 Å². The van der Waals surface area contributed by atoms with Crippen LogP contribution in [-0.2, 0) is 10.0 Å². The van der Waals surface area contributed by atoms with Gasteiger partial charge in [-0.2, -0.15) is 0 Å². The summed E-state index contributed by atoms with van der Waals surface area (Å²) in [4.78, 5) is 21.1. The quantitative estimate of drug-likeness (QED) is 0.483. The second-order valence-electron chi connectivity index (χ2n) is 8.21. The van der Waals surface area contributed by atoms with Crippen LogP contribution < -0.4 is 4.90 Å². The molecular formula is C23H26F2N4O3S2. The number of carbonyl (C=O) groups is 1. The number of hydrogen-bond acceptors (Lipinski definition) is 6. The number of hydrogen-bond donors (Lipinski definition) is 0. The van der Waals surface area contributed by atoms with Gasteiger partial charge in [0, 0.05) is 51.4 Å². The highest BCUT2D eigenvalue weighted by atomic mass is 32.2. The predicted octanol–water partition coefficient (Wildman–Crippen LogP) is 3.96. The molecular weight excluding hydrogens is 482 g/mol. The van der Waals surface area contributed by atoms with Crippen molar-refractivity contribution < 1.29 is 22.0 Å². The first-order chi connectivity index (χ1) is 16.2. The van der Waals surface area contributed by atoms with E-state index in [4.69, 9.17) is 0 Å². The molecule has 0 unspecified atom stereocenters. The van der Waals surface area contributed by atoms with Gasteiger partial charge in [0.25, 0.3) is 5.91 Å². The van der Waals surface area contributed by atoms with Crippen LogP contribution in [0.25, 0.3) is 10.2 Å². The lowest BCUT2D eigenvalue weighted by atomic mass is 10.2. The fourth-order valence-corrected chi connectivity index (χ4v) is 6.08. The Morgan fingerprint density at radius 1 is 1.12 bits per heavy atom. The number of sulfonamides is 1. The lowest BCUT2D eigenvalue weighted by Gasteiger charge is -2.34. The molecule has 0 atom stereocenters. The zero-order valence-electron chi connectivity index (χ0n) is 19.0. The van der Waals surface area contributed by atoms with Crippen molar-refractivity contribution in [2.45, 2.75) is 24.7 Å². The smallest absolute Gasteiger partial charge is 0.253 e. The van der Waals surface area contributed by atoms with Crippen LogP contribution in [0.1, 0.15) is 30.1 Å². The Hall–Kier alpha value is -2.63. The molecule has 0 spiro atoms. The van der Waals surface area contributed by atoms with E-state index in [-0.39, 0.29) is 16.3 Å². The average molecular weight is 509 g/mol. The Morgan fingerprint density at radius 2 is 1.79 bits per heavy atom. The highest BCUT2D eigenvalue weighted by molar-refractivity contribution is 7.89. The Bertz CT molecular complexity index is 1290. The van der Waals surface area contributed by atoms with Gasteiger partial charge in [0.2, 0.25) is 10.0 Å². The Labute approximate surface area is 201 Å². The Kier molecular flexibility index (Phi) is 7.15. The minimum Gasteiger partial charge on any atom is -0.345 e. The van der Waals surface area contributed by atoms with Crippen LogP contribution in [0.4, 0.5) is 13.9 Å². The van der Waals surface area contributed by atoms with Crippen molar-refractivity contribution in [3.05, 3.63) is 53.6 Å². The summed E-state index contributed by atoms with van der Waals surface area (Å²) in [5.74, 6) is -1.50. The van der Waals surface area contributed by atoms with Gasteiger partial charge in [-0.15, -0.1) is 0 Å². The maximum absolute atomic E-state index is 14.0. The summed E-state index contributed by atoms with van der Waals surface area (Å²) in [5, 5.41) is 0.591. The number of rotatable bonds is 7. The fraction of sp³-hybridized carbons (Fsp3) is 0.391. The van der Waals surface area contributed by atoms with Crippen LogP contribution in [0, 0.1) is 11.6 Å². The summed E-state index contributed by atoms with van der Waals surface area (Å²) in [6.45, 7) is 4.33. The Balaban J connectivity index is 1.40. The number of anilines is 1. The monoisotopic (exact) mass is 508 g/mol. The van der Waals surface area contributed by atoms with E-state index in [1.807, 2.05) is 11.8 Å². The number of nitrogens with zero attached hydrogens (tertiary/aromatic N) is 4. The molecule has 1 aromatic heterocycles. The summed E-state index contributed by atoms with van der Waals surface area (Å²) in [6, 6.07) is 8.11. The van der Waals surface area contributed by atoms with Gasteiger partial charge < -0.3 is 9.80 Å². The lowest BCUT2D eigenvalue weighted by molar-refractivity contribution is 0.0746. The molecule has 182 valence electrons. The molecule has 7 nitrogen and oxygen atoms in total. The van der Waals surface area contributed by atoms with Crippen LogP contribution in [0.15, 0.2) is 41.3 Å². The van der Waals surface area contributed by atoms with Crippen molar-refractivity contribution in [1.82, 2.24) is 14.2 Å². The number of fused-ring (bicyclic) bond motifs is 1. The second kappa shape index (κ2) is 9.93. The van der Waals surface area contributed by atoms with Crippen molar-refractivity contribution in [1.29, 1.82) is 0 Å². The van der Waals surface area contributed by atoms with Crippen molar-refractivity contribution in [2.24, 2.45) is 0 Å². The molecule has 1 amide bonds. The predicted molar refractivity (Wildman–Crippen MR) is 129 cm³/mol. The number of benzene rings is 2. The first-order valence-electron chi connectivity index (χ1n) is 11.1. The lowest BCUT2D eigenvalue weighted by Crippen LogP contribution is -2.48. The molecule has 11 heteroatoms. The van der Waals surface area contributed by atoms with E-state index >= 15 is 0 Å². The van der Waals surface area contributed by atoms with Gasteiger partial charge in [-0.1, -0.05) is 24.7 Å². The highest BCUT2D eigenvalue weighted by Crippen LogP contribution is 2.31. The minimum atomic E-state index is -3.59. The second-order valence-corrected chi connectivity index (χ2v) is 11.3. The third kappa shape index (κ3) is 4.91. The maximum Gasteiger partial charge on any atom is 0.253 e. The van der Waals surface area contributed by atoms with E-state index in [2.05, 4.69) is 4.98 Å². The van der Waals surface area contributed by atoms with Gasteiger partial charge >= 0.3 is 0 Å². The normalized spacial score (nSPS) is 14.9. The van der Waals surface area contributed by atoms with Crippen LogP contribution in [0.3, 0.4) is 0 Å². The van der Waals surface area contributed by atoms with Gasteiger partial charge in [0.15, 0.2) is 10.9 Å². The largest absolute Gasteiger partial charge is 0.345 e. The first-order valence-corrected chi connectivity index (χ1v) is 13.3. The van der Waals surface area contributed by atoms with E-state index in [1.165, 1.54) is 33.8 Å². The molecule has 2 aromatic carbocycles. The number of unbranched alkanes of at least 4 members (excludes halogenated alkanes) is 1. The number of amides is 1. The molecule has 1 aliphatic heterocycles. The van der Waals surface area contributed by atoms with Crippen molar-refractivity contribution in [2.75, 3.05) is 44.7 Å². The molecule has 0 aliphatic carbocycles. The van der Waals surface area contributed by atoms with Crippen LogP contribution in [0.2, 0.25) is 0 Å². The minimum absolute atomic E-state index is 0.148. The standard InChI is InChI=1S/C23H26F2N4O3S2/c1-3-4-9-27(2)34(31,32)18-7-5-16(6-8-18)22(30)28-10-12-29(13-11-28)23-26-21-19(25)14-17(24)15-20(21)33-23/h5-8,14-15H,3-4,9-13H2,1-2H3. The molecule has 34 heavy (non-hydrogen) atoms. The third-order valence-electron chi connectivity index (χ3n) is 5.88. The topological polar surface area (TPSA) is 73.8 Å². The van der Waals surface area contributed by atoms with Crippen molar-refractivity contribution >= 4 is 42.6 Å². The number of carbonyl (C=O) groups excluding carboxylic acids is 1. The molecule has 3 aromatic rings. The molecule has 1 aliphatic rings. The van der Waals surface area contributed by atoms with E-state index in [1.54, 1.807) is 24.1 Å². The van der Waals surface area contributed by atoms with Gasteiger partial charge in [-0.3, -0.25) is 4.79 Å². The number of halogens is 2.